The molecule has 0 aromatic heterocycles. The highest BCUT2D eigenvalue weighted by atomic mass is 35.5. The van der Waals surface area contributed by atoms with Crippen LogP contribution in [-0.2, 0) is 0 Å². The second-order valence-electron chi connectivity index (χ2n) is 5.97. The summed E-state index contributed by atoms with van der Waals surface area (Å²) in [5, 5.41) is 11.0. The maximum Gasteiger partial charge on any atom is 0.0917 e. The lowest BCUT2D eigenvalue weighted by Crippen LogP contribution is -2.32. The smallest absolute Gasteiger partial charge is 0.0917 e. The van der Waals surface area contributed by atoms with E-state index in [4.69, 9.17) is 11.6 Å². The Morgan fingerprint density at radius 2 is 2.14 bits per heavy atom. The van der Waals surface area contributed by atoms with Crippen molar-refractivity contribution in [3.8, 4) is 0 Å². The van der Waals surface area contributed by atoms with E-state index in [1.807, 2.05) is 24.3 Å². The van der Waals surface area contributed by atoms with Crippen LogP contribution in [0.4, 0.5) is 0 Å². The number of rotatable bonds is 7. The number of hydrogen-bond donors (Lipinski definition) is 1. The molecular formula is C17H27ClN2O. The SMILES string of the molecule is CCN(CC)CC1CCN(CC(O)c2cccc(Cl)c2)C1. The van der Waals surface area contributed by atoms with Crippen LogP contribution in [0.2, 0.25) is 5.02 Å². The van der Waals surface area contributed by atoms with Crippen molar-refractivity contribution < 1.29 is 5.11 Å². The molecule has 2 atom stereocenters. The lowest BCUT2D eigenvalue weighted by atomic mass is 10.1. The van der Waals surface area contributed by atoms with Gasteiger partial charge in [-0.2, -0.15) is 0 Å². The molecule has 1 saturated heterocycles. The lowest BCUT2D eigenvalue weighted by molar-refractivity contribution is 0.122. The molecular weight excluding hydrogens is 284 g/mol. The molecule has 3 nitrogen and oxygen atoms in total. The molecule has 4 heteroatoms. The minimum atomic E-state index is -0.448. The first kappa shape index (κ1) is 16.8. The average molecular weight is 311 g/mol. The van der Waals surface area contributed by atoms with Crippen LogP contribution in [0.3, 0.4) is 0 Å². The van der Waals surface area contributed by atoms with Crippen LogP contribution in [0, 0.1) is 5.92 Å². The van der Waals surface area contributed by atoms with Crippen LogP contribution < -0.4 is 0 Å². The van der Waals surface area contributed by atoms with Crippen LogP contribution in [0.25, 0.3) is 0 Å². The Kier molecular flexibility index (Phi) is 6.49. The van der Waals surface area contributed by atoms with Crippen molar-refractivity contribution in [3.63, 3.8) is 0 Å². The van der Waals surface area contributed by atoms with Crippen LogP contribution >= 0.6 is 11.6 Å². The molecule has 0 spiro atoms. The molecule has 0 aliphatic carbocycles. The van der Waals surface area contributed by atoms with Gasteiger partial charge in [-0.3, -0.25) is 0 Å². The van der Waals surface area contributed by atoms with E-state index >= 15 is 0 Å². The molecule has 2 rings (SSSR count). The lowest BCUT2D eigenvalue weighted by Gasteiger charge is -2.23. The van der Waals surface area contributed by atoms with E-state index in [0.29, 0.717) is 11.6 Å². The third-order valence-electron chi connectivity index (χ3n) is 4.45. The normalized spacial score (nSPS) is 21.1. The highest BCUT2D eigenvalue weighted by molar-refractivity contribution is 6.30. The maximum atomic E-state index is 10.4. The number of halogens is 1. The van der Waals surface area contributed by atoms with E-state index in [9.17, 15) is 5.11 Å². The summed E-state index contributed by atoms with van der Waals surface area (Å²) in [6, 6.07) is 7.54. The first-order chi connectivity index (χ1) is 10.1. The Hall–Kier alpha value is -0.610. The second-order valence-corrected chi connectivity index (χ2v) is 6.41. The van der Waals surface area contributed by atoms with Crippen LogP contribution in [-0.4, -0.2) is 54.2 Å². The van der Waals surface area contributed by atoms with Crippen LogP contribution in [0.1, 0.15) is 31.9 Å². The quantitative estimate of drug-likeness (QED) is 0.838. The van der Waals surface area contributed by atoms with Crippen molar-refractivity contribution in [2.45, 2.75) is 26.4 Å². The summed E-state index contributed by atoms with van der Waals surface area (Å²) in [5.74, 6) is 0.733. The zero-order valence-electron chi connectivity index (χ0n) is 13.1. The third-order valence-corrected chi connectivity index (χ3v) is 4.68. The monoisotopic (exact) mass is 310 g/mol. The topological polar surface area (TPSA) is 26.7 Å². The molecule has 2 unspecified atom stereocenters. The Bertz CT molecular complexity index is 437. The van der Waals surface area contributed by atoms with Gasteiger partial charge in [-0.25, -0.2) is 0 Å². The van der Waals surface area contributed by atoms with E-state index in [1.54, 1.807) is 0 Å². The third kappa shape index (κ3) is 4.96. The zero-order valence-corrected chi connectivity index (χ0v) is 13.9. The number of aliphatic hydroxyl groups excluding tert-OH is 1. The van der Waals surface area contributed by atoms with Crippen molar-refractivity contribution in [2.75, 3.05) is 39.3 Å². The summed E-state index contributed by atoms with van der Waals surface area (Å²) in [7, 11) is 0. The minimum Gasteiger partial charge on any atom is -0.387 e. The largest absolute Gasteiger partial charge is 0.387 e. The first-order valence-electron chi connectivity index (χ1n) is 8.00. The van der Waals surface area contributed by atoms with Gasteiger partial charge in [0, 0.05) is 24.7 Å². The van der Waals surface area contributed by atoms with Crippen molar-refractivity contribution in [1.82, 2.24) is 9.80 Å². The summed E-state index contributed by atoms with van der Waals surface area (Å²) in [6.07, 6.45) is 0.787. The maximum absolute atomic E-state index is 10.4. The number of aliphatic hydroxyl groups is 1. The molecule has 1 aliphatic rings. The number of likely N-dealkylation sites (tertiary alicyclic amines) is 1. The molecule has 0 radical (unpaired) electrons. The van der Waals surface area contributed by atoms with Crippen molar-refractivity contribution in [1.29, 1.82) is 0 Å². The number of nitrogens with zero attached hydrogens (tertiary/aromatic N) is 2. The predicted molar refractivity (Wildman–Crippen MR) is 88.7 cm³/mol. The minimum absolute atomic E-state index is 0.448. The Morgan fingerprint density at radius 1 is 1.38 bits per heavy atom. The van der Waals surface area contributed by atoms with Gasteiger partial charge in [0.25, 0.3) is 0 Å². The molecule has 0 saturated carbocycles. The summed E-state index contributed by atoms with van der Waals surface area (Å²) in [4.78, 5) is 4.86. The van der Waals surface area contributed by atoms with Gasteiger partial charge in [0.1, 0.15) is 0 Å². The van der Waals surface area contributed by atoms with Crippen molar-refractivity contribution in [2.24, 2.45) is 5.92 Å². The fourth-order valence-corrected chi connectivity index (χ4v) is 3.34. The van der Waals surface area contributed by atoms with E-state index in [0.717, 1.165) is 37.7 Å². The fourth-order valence-electron chi connectivity index (χ4n) is 3.14. The Labute approximate surface area is 133 Å². The molecule has 1 aromatic carbocycles. The van der Waals surface area contributed by atoms with Gasteiger partial charge < -0.3 is 14.9 Å². The summed E-state index contributed by atoms with van der Waals surface area (Å²) in [5.41, 5.74) is 0.912. The highest BCUT2D eigenvalue weighted by Gasteiger charge is 2.25. The molecule has 118 valence electrons. The van der Waals surface area contributed by atoms with Crippen LogP contribution in [0.15, 0.2) is 24.3 Å². The van der Waals surface area contributed by atoms with E-state index in [1.165, 1.54) is 13.0 Å². The van der Waals surface area contributed by atoms with Crippen molar-refractivity contribution >= 4 is 11.6 Å². The molecule has 0 bridgehead atoms. The standard InChI is InChI=1S/C17H27ClN2O/c1-3-19(4-2)11-14-8-9-20(12-14)13-17(21)15-6-5-7-16(18)10-15/h5-7,10,14,17,21H,3-4,8-9,11-13H2,1-2H3. The molecule has 0 amide bonds. The van der Waals surface area contributed by atoms with Gasteiger partial charge in [-0.1, -0.05) is 37.6 Å². The van der Waals surface area contributed by atoms with Crippen molar-refractivity contribution in [3.05, 3.63) is 34.9 Å². The van der Waals surface area contributed by atoms with E-state index in [-0.39, 0.29) is 0 Å². The summed E-state index contributed by atoms with van der Waals surface area (Å²) < 4.78 is 0. The van der Waals surface area contributed by atoms with Gasteiger partial charge in [0.05, 0.1) is 6.10 Å². The molecule has 1 aliphatic heterocycles. The molecule has 1 fully saturated rings. The second kappa shape index (κ2) is 8.14. The van der Waals surface area contributed by atoms with Gasteiger partial charge in [-0.05, 0) is 49.7 Å². The molecule has 21 heavy (non-hydrogen) atoms. The molecule has 1 heterocycles. The highest BCUT2D eigenvalue weighted by Crippen LogP contribution is 2.23. The Balaban J connectivity index is 1.82. The summed E-state index contributed by atoms with van der Waals surface area (Å²) >= 11 is 5.99. The van der Waals surface area contributed by atoms with E-state index in [2.05, 4.69) is 23.6 Å². The number of β-amino-alcohol motifs (C(OH)–C–C–N with tert-alkyl or cyclic N) is 1. The van der Waals surface area contributed by atoms with Gasteiger partial charge in [0.15, 0.2) is 0 Å². The fraction of sp³-hybridized carbons (Fsp3) is 0.647. The zero-order chi connectivity index (χ0) is 15.2. The molecule has 1 N–H and O–H groups in total. The summed E-state index contributed by atoms with van der Waals surface area (Å²) in [6.45, 7) is 10.7. The first-order valence-corrected chi connectivity index (χ1v) is 8.38. The van der Waals surface area contributed by atoms with E-state index < -0.39 is 6.10 Å². The Morgan fingerprint density at radius 3 is 2.81 bits per heavy atom. The predicted octanol–water partition coefficient (Wildman–Crippen LogP) is 3.04. The average Bonchev–Trinajstić information content (AvgIpc) is 2.92. The van der Waals surface area contributed by atoms with Gasteiger partial charge in [-0.15, -0.1) is 0 Å². The van der Waals surface area contributed by atoms with Crippen LogP contribution in [0.5, 0.6) is 0 Å². The number of hydrogen-bond acceptors (Lipinski definition) is 3. The number of benzene rings is 1. The van der Waals surface area contributed by atoms with Gasteiger partial charge >= 0.3 is 0 Å². The van der Waals surface area contributed by atoms with Gasteiger partial charge in [0.2, 0.25) is 0 Å². The molecule has 1 aromatic rings.